The lowest BCUT2D eigenvalue weighted by Gasteiger charge is -2.26. The highest BCUT2D eigenvalue weighted by Crippen LogP contribution is 2.38. The van der Waals surface area contributed by atoms with Gasteiger partial charge in [-0.25, -0.2) is 9.97 Å². The van der Waals surface area contributed by atoms with Gasteiger partial charge in [-0.1, -0.05) is 20.8 Å². The summed E-state index contributed by atoms with van der Waals surface area (Å²) >= 11 is 0. The minimum atomic E-state index is -0.340. The first-order valence-electron chi connectivity index (χ1n) is 9.83. The number of aryl methyl sites for hydroxylation is 2. The number of fused-ring (bicyclic) bond motifs is 1. The fourth-order valence-electron chi connectivity index (χ4n) is 3.65. The summed E-state index contributed by atoms with van der Waals surface area (Å²) in [5.41, 5.74) is 5.67. The van der Waals surface area contributed by atoms with Gasteiger partial charge in [-0.05, 0) is 49.9 Å². The molecule has 3 heterocycles. The number of methoxy groups -OCH3 is 2. The molecule has 0 bridgehead atoms. The van der Waals surface area contributed by atoms with E-state index in [-0.39, 0.29) is 5.60 Å². The number of aromatic nitrogens is 3. The molecule has 0 fully saturated rings. The molecule has 0 amide bonds. The van der Waals surface area contributed by atoms with Gasteiger partial charge in [-0.2, -0.15) is 0 Å². The quantitative estimate of drug-likeness (QED) is 0.578. The van der Waals surface area contributed by atoms with Gasteiger partial charge in [0.15, 0.2) is 0 Å². The zero-order valence-corrected chi connectivity index (χ0v) is 18.3. The molecule has 0 aliphatic heterocycles. The fraction of sp³-hybridized carbons (Fsp3) is 0.478. The summed E-state index contributed by atoms with van der Waals surface area (Å²) in [6.45, 7) is 10.6. The van der Waals surface area contributed by atoms with Crippen LogP contribution in [0.15, 0.2) is 24.4 Å². The third-order valence-corrected chi connectivity index (χ3v) is 5.76. The monoisotopic (exact) mass is 381 g/mol. The highest BCUT2D eigenvalue weighted by atomic mass is 16.5. The van der Waals surface area contributed by atoms with Crippen LogP contribution >= 0.6 is 0 Å². The lowest BCUT2D eigenvalue weighted by atomic mass is 9.92. The number of hydrogen-bond acceptors (Lipinski definition) is 4. The van der Waals surface area contributed by atoms with Gasteiger partial charge in [0.1, 0.15) is 5.65 Å². The predicted molar refractivity (Wildman–Crippen MR) is 114 cm³/mol. The third kappa shape index (κ3) is 3.28. The molecule has 150 valence electrons. The summed E-state index contributed by atoms with van der Waals surface area (Å²) in [6, 6.07) is 6.33. The minimum absolute atomic E-state index is 0.340. The molecule has 0 saturated heterocycles. The molecule has 0 saturated carbocycles. The molecule has 28 heavy (non-hydrogen) atoms. The Hall–Kier alpha value is -2.40. The van der Waals surface area contributed by atoms with E-state index in [4.69, 9.17) is 19.4 Å². The van der Waals surface area contributed by atoms with E-state index in [9.17, 15) is 0 Å². The molecular weight excluding hydrogens is 350 g/mol. The molecular formula is C23H31N3O2. The van der Waals surface area contributed by atoms with Crippen molar-refractivity contribution in [2.45, 2.75) is 52.6 Å². The van der Waals surface area contributed by atoms with E-state index in [0.717, 1.165) is 45.5 Å². The summed E-state index contributed by atoms with van der Waals surface area (Å²) in [7, 11) is 5.46. The molecule has 1 unspecified atom stereocenters. The molecule has 0 aromatic carbocycles. The van der Waals surface area contributed by atoms with Crippen molar-refractivity contribution in [2.75, 3.05) is 14.2 Å². The highest BCUT2D eigenvalue weighted by Gasteiger charge is 2.29. The minimum Gasteiger partial charge on any atom is -0.480 e. The summed E-state index contributed by atoms with van der Waals surface area (Å²) in [6.07, 6.45) is 3.02. The number of pyridine rings is 2. The molecule has 3 aromatic heterocycles. The second-order valence-electron chi connectivity index (χ2n) is 7.91. The number of nitrogens with zero attached hydrogens (tertiary/aromatic N) is 3. The van der Waals surface area contributed by atoms with Crippen LogP contribution < -0.4 is 4.74 Å². The first kappa shape index (κ1) is 20.3. The van der Waals surface area contributed by atoms with Gasteiger partial charge in [0, 0.05) is 37.0 Å². The van der Waals surface area contributed by atoms with Gasteiger partial charge in [0.25, 0.3) is 0 Å². The Bertz CT molecular complexity index is 1000. The van der Waals surface area contributed by atoms with Crippen molar-refractivity contribution in [3.8, 4) is 17.1 Å². The largest absolute Gasteiger partial charge is 0.480 e. The maximum atomic E-state index is 5.85. The number of ether oxygens (including phenoxy) is 2. The zero-order chi connectivity index (χ0) is 20.6. The van der Waals surface area contributed by atoms with Crippen molar-refractivity contribution in [1.29, 1.82) is 0 Å². The van der Waals surface area contributed by atoms with Gasteiger partial charge in [0.05, 0.1) is 24.0 Å². The van der Waals surface area contributed by atoms with Crippen molar-refractivity contribution in [2.24, 2.45) is 7.05 Å². The van der Waals surface area contributed by atoms with Gasteiger partial charge in [-0.15, -0.1) is 0 Å². The van der Waals surface area contributed by atoms with Gasteiger partial charge in [-0.3, -0.25) is 0 Å². The first-order chi connectivity index (χ1) is 13.3. The lowest BCUT2D eigenvalue weighted by Crippen LogP contribution is -2.22. The van der Waals surface area contributed by atoms with Crippen LogP contribution in [-0.4, -0.2) is 28.8 Å². The van der Waals surface area contributed by atoms with E-state index in [1.54, 1.807) is 14.2 Å². The topological polar surface area (TPSA) is 49.2 Å². The highest BCUT2D eigenvalue weighted by molar-refractivity contribution is 5.86. The Labute approximate surface area is 167 Å². The Morgan fingerprint density at radius 2 is 1.89 bits per heavy atom. The molecule has 1 atom stereocenters. The van der Waals surface area contributed by atoms with Crippen LogP contribution in [-0.2, 0) is 17.4 Å². The Morgan fingerprint density at radius 3 is 2.46 bits per heavy atom. The second kappa shape index (κ2) is 7.55. The number of hydrogen-bond donors (Lipinski definition) is 0. The van der Waals surface area contributed by atoms with Crippen molar-refractivity contribution >= 4 is 11.0 Å². The third-order valence-electron chi connectivity index (χ3n) is 5.76. The molecule has 5 heteroatoms. The standard InChI is InChI=1S/C23H31N3O2/c1-9-23(5,28-8)18-13-26(6)21-17(18)12-15(4)20(25-21)16-10-11-19(14(2)3)24-22(16)27-7/h10-14H,9H2,1-8H3. The summed E-state index contributed by atoms with van der Waals surface area (Å²) < 4.78 is 13.5. The molecule has 0 aliphatic carbocycles. The molecule has 3 aromatic rings. The summed E-state index contributed by atoms with van der Waals surface area (Å²) in [5.74, 6) is 0.960. The zero-order valence-electron chi connectivity index (χ0n) is 18.3. The van der Waals surface area contributed by atoms with Crippen LogP contribution in [0.2, 0.25) is 0 Å². The maximum absolute atomic E-state index is 5.85. The van der Waals surface area contributed by atoms with Crippen LogP contribution in [0.5, 0.6) is 5.88 Å². The van der Waals surface area contributed by atoms with Crippen molar-refractivity contribution < 1.29 is 9.47 Å². The Kier molecular flexibility index (Phi) is 5.48. The van der Waals surface area contributed by atoms with E-state index in [2.05, 4.69) is 63.6 Å². The van der Waals surface area contributed by atoms with Crippen LogP contribution in [0, 0.1) is 6.92 Å². The van der Waals surface area contributed by atoms with Crippen LogP contribution in [0.4, 0.5) is 0 Å². The smallest absolute Gasteiger partial charge is 0.222 e. The lowest BCUT2D eigenvalue weighted by molar-refractivity contribution is -0.000252. The van der Waals surface area contributed by atoms with E-state index < -0.39 is 0 Å². The van der Waals surface area contributed by atoms with Crippen LogP contribution in [0.3, 0.4) is 0 Å². The van der Waals surface area contributed by atoms with Gasteiger partial charge >= 0.3 is 0 Å². The van der Waals surface area contributed by atoms with Crippen LogP contribution in [0.1, 0.15) is 56.9 Å². The van der Waals surface area contributed by atoms with Crippen LogP contribution in [0.25, 0.3) is 22.3 Å². The molecule has 0 aliphatic rings. The fourth-order valence-corrected chi connectivity index (χ4v) is 3.65. The Morgan fingerprint density at radius 1 is 1.18 bits per heavy atom. The predicted octanol–water partition coefficient (Wildman–Crippen LogP) is 5.35. The van der Waals surface area contributed by atoms with Gasteiger partial charge < -0.3 is 14.0 Å². The van der Waals surface area contributed by atoms with E-state index in [0.29, 0.717) is 11.8 Å². The average Bonchev–Trinajstić information content (AvgIpc) is 3.02. The average molecular weight is 382 g/mol. The molecule has 0 spiro atoms. The van der Waals surface area contributed by atoms with Gasteiger partial charge in [0.2, 0.25) is 5.88 Å². The molecule has 0 N–H and O–H groups in total. The summed E-state index contributed by atoms with van der Waals surface area (Å²) in [4.78, 5) is 9.71. The normalized spacial score (nSPS) is 13.9. The van der Waals surface area contributed by atoms with Crippen molar-refractivity contribution in [3.05, 3.63) is 41.2 Å². The maximum Gasteiger partial charge on any atom is 0.222 e. The summed E-state index contributed by atoms with van der Waals surface area (Å²) in [5, 5.41) is 1.13. The molecule has 3 rings (SSSR count). The molecule has 5 nitrogen and oxygen atoms in total. The first-order valence-corrected chi connectivity index (χ1v) is 9.83. The van der Waals surface area contributed by atoms with Crippen molar-refractivity contribution in [1.82, 2.24) is 14.5 Å². The second-order valence-corrected chi connectivity index (χ2v) is 7.91. The van der Waals surface area contributed by atoms with Crippen molar-refractivity contribution in [3.63, 3.8) is 0 Å². The SMILES string of the molecule is CCC(C)(OC)c1cn(C)c2nc(-c3ccc(C(C)C)nc3OC)c(C)cc12. The van der Waals surface area contributed by atoms with E-state index in [1.165, 1.54) is 0 Å². The number of rotatable bonds is 6. The van der Waals surface area contributed by atoms with E-state index >= 15 is 0 Å². The van der Waals surface area contributed by atoms with E-state index in [1.807, 2.05) is 7.05 Å². The Balaban J connectivity index is 2.23. The molecule has 0 radical (unpaired) electrons.